The first-order valence-corrected chi connectivity index (χ1v) is 3.66. The third-order valence-corrected chi connectivity index (χ3v) is 1.74. The summed E-state index contributed by atoms with van der Waals surface area (Å²) in [6.07, 6.45) is 1.34. The van der Waals surface area contributed by atoms with Crippen LogP contribution in [0.3, 0.4) is 0 Å². The molecule has 0 fully saturated rings. The number of nitrogens with one attached hydrogen (secondary N) is 3. The molecule has 1 amide bonds. The van der Waals surface area contributed by atoms with E-state index in [2.05, 4.69) is 20.4 Å². The largest absolute Gasteiger partial charge is 0.290 e. The molecule has 0 aromatic carbocycles. The van der Waals surface area contributed by atoms with Crippen LogP contribution in [0.4, 0.5) is 0 Å². The van der Waals surface area contributed by atoms with Gasteiger partial charge in [0, 0.05) is 0 Å². The van der Waals surface area contributed by atoms with Crippen LogP contribution in [0, 0.1) is 0 Å². The number of carbonyl (C=O) groups excluding carboxylic acids is 1. The summed E-state index contributed by atoms with van der Waals surface area (Å²) in [4.78, 5) is 22.3. The first kappa shape index (κ1) is 8.38. The second-order valence-electron chi connectivity index (χ2n) is 2.53. The van der Waals surface area contributed by atoms with Gasteiger partial charge in [0.05, 0.1) is 11.6 Å². The van der Waals surface area contributed by atoms with Crippen LogP contribution in [0.15, 0.2) is 11.0 Å². The van der Waals surface area contributed by atoms with Gasteiger partial charge in [0.2, 0.25) is 0 Å². The van der Waals surface area contributed by atoms with E-state index in [4.69, 9.17) is 5.84 Å². The molecule has 0 bridgehead atoms. The summed E-state index contributed by atoms with van der Waals surface area (Å²) in [5.41, 5.74) is 1.70. The summed E-state index contributed by atoms with van der Waals surface area (Å²) in [5.74, 6) is 4.35. The Balaban J connectivity index is 2.79. The van der Waals surface area contributed by atoms with Crippen molar-refractivity contribution < 1.29 is 4.79 Å². The van der Waals surface area contributed by atoms with Crippen LogP contribution in [-0.2, 0) is 0 Å². The lowest BCUT2D eigenvalue weighted by molar-refractivity contribution is 0.0949. The molecule has 0 aliphatic rings. The van der Waals surface area contributed by atoms with E-state index in [1.807, 2.05) is 5.43 Å². The van der Waals surface area contributed by atoms with Gasteiger partial charge in [0.1, 0.15) is 5.52 Å². The summed E-state index contributed by atoms with van der Waals surface area (Å²) >= 11 is 0. The van der Waals surface area contributed by atoms with Crippen LogP contribution in [0.5, 0.6) is 0 Å². The van der Waals surface area contributed by atoms with Crippen LogP contribution >= 0.6 is 0 Å². The molecule has 0 radical (unpaired) electrons. The topological polar surface area (TPSA) is 130 Å². The maximum atomic E-state index is 11.2. The van der Waals surface area contributed by atoms with Gasteiger partial charge >= 0.3 is 0 Å². The number of hydrogen-bond donors (Lipinski definition) is 4. The minimum Gasteiger partial charge on any atom is -0.289 e. The summed E-state index contributed by atoms with van der Waals surface area (Å²) in [6, 6.07) is 0. The molecule has 0 aliphatic carbocycles. The van der Waals surface area contributed by atoms with Crippen LogP contribution in [0.2, 0.25) is 0 Å². The third kappa shape index (κ3) is 1.05. The number of hydrogen-bond acceptors (Lipinski definition) is 5. The van der Waals surface area contributed by atoms with E-state index in [9.17, 15) is 9.59 Å². The molecule has 8 heteroatoms. The Morgan fingerprint density at radius 3 is 3.00 bits per heavy atom. The van der Waals surface area contributed by atoms with Crippen molar-refractivity contribution in [1.82, 2.24) is 25.8 Å². The fourth-order valence-electron chi connectivity index (χ4n) is 1.10. The van der Waals surface area contributed by atoms with Crippen molar-refractivity contribution in [3.05, 3.63) is 22.2 Å². The van der Waals surface area contributed by atoms with E-state index in [1.165, 1.54) is 6.20 Å². The first-order chi connectivity index (χ1) is 6.74. The number of carbonyl (C=O) groups is 1. The fourth-order valence-corrected chi connectivity index (χ4v) is 1.10. The van der Waals surface area contributed by atoms with E-state index in [-0.39, 0.29) is 11.2 Å². The lowest BCUT2D eigenvalue weighted by atomic mass is 10.2. The maximum Gasteiger partial charge on any atom is 0.290 e. The van der Waals surface area contributed by atoms with Crippen LogP contribution < -0.4 is 16.8 Å². The van der Waals surface area contributed by atoms with Crippen molar-refractivity contribution >= 4 is 16.8 Å². The van der Waals surface area contributed by atoms with Gasteiger partial charge in [0.15, 0.2) is 5.69 Å². The molecular formula is C6H6N6O2. The second kappa shape index (κ2) is 2.92. The Morgan fingerprint density at radius 1 is 1.50 bits per heavy atom. The van der Waals surface area contributed by atoms with Crippen molar-refractivity contribution in [2.45, 2.75) is 0 Å². The molecule has 0 saturated heterocycles. The number of H-pyrrole nitrogens is 2. The summed E-state index contributed by atoms with van der Waals surface area (Å²) in [6.45, 7) is 0. The molecule has 72 valence electrons. The standard InChI is InChI=1S/C6H6N6O2/c7-9-5(13)3-2-1-8-10-4(2)6(14)12-11-3/h1H,7H2,(H,8,10)(H,9,13)(H,12,14). The molecule has 5 N–H and O–H groups in total. The number of aromatic amines is 2. The molecule has 2 aromatic heterocycles. The lowest BCUT2D eigenvalue weighted by Gasteiger charge is -1.97. The van der Waals surface area contributed by atoms with Crippen LogP contribution in [-0.4, -0.2) is 26.3 Å². The minimum atomic E-state index is -0.590. The van der Waals surface area contributed by atoms with Crippen LogP contribution in [0.1, 0.15) is 10.5 Å². The van der Waals surface area contributed by atoms with Gasteiger partial charge in [-0.2, -0.15) is 10.2 Å². The Kier molecular flexibility index (Phi) is 1.75. The summed E-state index contributed by atoms with van der Waals surface area (Å²) in [5, 5.41) is 12.1. The zero-order valence-electron chi connectivity index (χ0n) is 6.87. The molecule has 0 atom stereocenters. The average Bonchev–Trinajstić information content (AvgIpc) is 2.67. The van der Waals surface area contributed by atoms with Crippen molar-refractivity contribution in [2.24, 2.45) is 5.84 Å². The number of amides is 1. The molecule has 2 aromatic rings. The van der Waals surface area contributed by atoms with Gasteiger partial charge in [-0.1, -0.05) is 0 Å². The summed E-state index contributed by atoms with van der Waals surface area (Å²) < 4.78 is 0. The maximum absolute atomic E-state index is 11.2. The molecule has 8 nitrogen and oxygen atoms in total. The highest BCUT2D eigenvalue weighted by Crippen LogP contribution is 2.08. The Labute approximate surface area is 76.5 Å². The van der Waals surface area contributed by atoms with E-state index in [0.29, 0.717) is 5.39 Å². The Morgan fingerprint density at radius 2 is 2.29 bits per heavy atom. The number of fused-ring (bicyclic) bond motifs is 1. The van der Waals surface area contributed by atoms with Crippen molar-refractivity contribution in [3.63, 3.8) is 0 Å². The first-order valence-electron chi connectivity index (χ1n) is 3.66. The van der Waals surface area contributed by atoms with Crippen molar-refractivity contribution in [1.29, 1.82) is 0 Å². The Hall–Kier alpha value is -2.22. The predicted molar refractivity (Wildman–Crippen MR) is 46.2 cm³/mol. The van der Waals surface area contributed by atoms with E-state index in [0.717, 1.165) is 0 Å². The van der Waals surface area contributed by atoms with Gasteiger partial charge in [-0.25, -0.2) is 10.9 Å². The van der Waals surface area contributed by atoms with Gasteiger partial charge in [-0.3, -0.25) is 20.1 Å². The molecule has 14 heavy (non-hydrogen) atoms. The van der Waals surface area contributed by atoms with Crippen molar-refractivity contribution in [3.8, 4) is 0 Å². The van der Waals surface area contributed by atoms with Gasteiger partial charge in [-0.05, 0) is 0 Å². The van der Waals surface area contributed by atoms with Crippen LogP contribution in [0.25, 0.3) is 10.9 Å². The Bertz CT molecular complexity index is 540. The fraction of sp³-hybridized carbons (Fsp3) is 0. The molecule has 0 aliphatic heterocycles. The minimum absolute atomic E-state index is 0.0239. The number of aromatic nitrogens is 4. The highest BCUT2D eigenvalue weighted by molar-refractivity contribution is 6.03. The SMILES string of the molecule is NNC(=O)c1n[nH]c(=O)c2[nH]ncc12. The van der Waals surface area contributed by atoms with Crippen molar-refractivity contribution in [2.75, 3.05) is 0 Å². The zero-order chi connectivity index (χ0) is 10.1. The van der Waals surface area contributed by atoms with Gasteiger partial charge < -0.3 is 0 Å². The number of hydrazine groups is 1. The van der Waals surface area contributed by atoms with Gasteiger partial charge in [-0.15, -0.1) is 0 Å². The highest BCUT2D eigenvalue weighted by Gasteiger charge is 2.13. The zero-order valence-corrected chi connectivity index (χ0v) is 6.87. The number of nitrogens with two attached hydrogens (primary N) is 1. The molecule has 0 saturated carbocycles. The van der Waals surface area contributed by atoms with Gasteiger partial charge in [0.25, 0.3) is 11.5 Å². The number of rotatable bonds is 1. The molecule has 0 unspecified atom stereocenters. The quantitative estimate of drug-likeness (QED) is 0.243. The number of nitrogen functional groups attached to an aromatic ring is 1. The molecule has 2 heterocycles. The average molecular weight is 194 g/mol. The highest BCUT2D eigenvalue weighted by atomic mass is 16.2. The number of nitrogens with zero attached hydrogens (tertiary/aromatic N) is 2. The molecular weight excluding hydrogens is 188 g/mol. The smallest absolute Gasteiger partial charge is 0.289 e. The molecule has 0 spiro atoms. The molecule has 2 rings (SSSR count). The monoisotopic (exact) mass is 194 g/mol. The van der Waals surface area contributed by atoms with E-state index in [1.54, 1.807) is 0 Å². The lowest BCUT2D eigenvalue weighted by Crippen LogP contribution is -2.31. The van der Waals surface area contributed by atoms with E-state index < -0.39 is 11.5 Å². The van der Waals surface area contributed by atoms with E-state index >= 15 is 0 Å². The normalized spacial score (nSPS) is 10.4. The third-order valence-electron chi connectivity index (χ3n) is 1.74. The summed E-state index contributed by atoms with van der Waals surface area (Å²) in [7, 11) is 0. The predicted octanol–water partition coefficient (Wildman–Crippen LogP) is -1.75. The second-order valence-corrected chi connectivity index (χ2v) is 2.53.